The predicted octanol–water partition coefficient (Wildman–Crippen LogP) is 3.73. The number of hydrogen-bond acceptors (Lipinski definition) is 2. The molecule has 2 nitrogen and oxygen atoms in total. The lowest BCUT2D eigenvalue weighted by Gasteiger charge is -2.14. The van der Waals surface area contributed by atoms with Gasteiger partial charge in [0, 0.05) is 19.6 Å². The zero-order valence-corrected chi connectivity index (χ0v) is 13.3. The highest BCUT2D eigenvalue weighted by molar-refractivity contribution is 5.85. The summed E-state index contributed by atoms with van der Waals surface area (Å²) in [6.45, 7) is 4.84. The van der Waals surface area contributed by atoms with Gasteiger partial charge in [0.25, 0.3) is 0 Å². The molecule has 0 atom stereocenters. The van der Waals surface area contributed by atoms with Crippen molar-refractivity contribution in [3.63, 3.8) is 0 Å². The Morgan fingerprint density at radius 1 is 1.00 bits per heavy atom. The van der Waals surface area contributed by atoms with Crippen LogP contribution >= 0.6 is 24.8 Å². The first-order valence-corrected chi connectivity index (χ1v) is 6.65. The minimum Gasteiger partial charge on any atom is -0.311 e. The molecule has 1 saturated heterocycles. The van der Waals surface area contributed by atoms with Crippen LogP contribution < -0.4 is 5.32 Å². The molecule has 21 heavy (non-hydrogen) atoms. The van der Waals surface area contributed by atoms with Crippen LogP contribution in [0, 0.1) is 0 Å². The third kappa shape index (κ3) is 6.87. The standard InChI is InChI=1S/C14H19F3N2.2ClH/c15-14(16,17)13-5-3-12(4-6-13)11-18-7-10-19-8-1-2-9-19;;/h3-6,18H,1-2,7-11H2;2*1H. The molecule has 0 aromatic heterocycles. The zero-order chi connectivity index (χ0) is 13.7. The van der Waals surface area contributed by atoms with Crippen LogP contribution in [0.5, 0.6) is 0 Å². The number of nitrogens with zero attached hydrogens (tertiary/aromatic N) is 1. The molecule has 122 valence electrons. The lowest BCUT2D eigenvalue weighted by molar-refractivity contribution is -0.137. The van der Waals surface area contributed by atoms with Crippen LogP contribution in [-0.4, -0.2) is 31.1 Å². The molecule has 0 radical (unpaired) electrons. The van der Waals surface area contributed by atoms with Gasteiger partial charge in [0.1, 0.15) is 0 Å². The Labute approximate surface area is 135 Å². The summed E-state index contributed by atoms with van der Waals surface area (Å²) in [5.41, 5.74) is 0.294. The van der Waals surface area contributed by atoms with Crippen LogP contribution in [0.4, 0.5) is 13.2 Å². The number of benzene rings is 1. The van der Waals surface area contributed by atoms with Gasteiger partial charge in [-0.15, -0.1) is 24.8 Å². The van der Waals surface area contributed by atoms with Crippen molar-refractivity contribution in [1.29, 1.82) is 0 Å². The van der Waals surface area contributed by atoms with Crippen LogP contribution in [-0.2, 0) is 12.7 Å². The summed E-state index contributed by atoms with van der Waals surface area (Å²) < 4.78 is 37.1. The zero-order valence-electron chi connectivity index (χ0n) is 11.7. The fraction of sp³-hybridized carbons (Fsp3) is 0.571. The average Bonchev–Trinajstić information content (AvgIpc) is 2.87. The van der Waals surface area contributed by atoms with E-state index in [1.165, 1.54) is 38.1 Å². The number of alkyl halides is 3. The van der Waals surface area contributed by atoms with Crippen molar-refractivity contribution in [3.8, 4) is 0 Å². The Hall–Kier alpha value is -0.490. The highest BCUT2D eigenvalue weighted by Gasteiger charge is 2.29. The Morgan fingerprint density at radius 3 is 2.10 bits per heavy atom. The summed E-state index contributed by atoms with van der Waals surface area (Å²) in [5.74, 6) is 0. The van der Waals surface area contributed by atoms with E-state index in [-0.39, 0.29) is 24.8 Å². The van der Waals surface area contributed by atoms with Crippen molar-refractivity contribution in [3.05, 3.63) is 35.4 Å². The van der Waals surface area contributed by atoms with Gasteiger partial charge in [0.05, 0.1) is 5.56 Å². The molecular weight excluding hydrogens is 324 g/mol. The molecule has 0 amide bonds. The van der Waals surface area contributed by atoms with Crippen molar-refractivity contribution in [2.45, 2.75) is 25.6 Å². The summed E-state index contributed by atoms with van der Waals surface area (Å²) in [4.78, 5) is 2.40. The van der Waals surface area contributed by atoms with E-state index in [1.54, 1.807) is 0 Å². The number of nitrogens with one attached hydrogen (secondary N) is 1. The minimum absolute atomic E-state index is 0. The summed E-state index contributed by atoms with van der Waals surface area (Å²) in [5, 5.41) is 3.26. The van der Waals surface area contributed by atoms with E-state index in [2.05, 4.69) is 10.2 Å². The molecule has 0 unspecified atom stereocenters. The van der Waals surface area contributed by atoms with E-state index in [1.807, 2.05) is 0 Å². The van der Waals surface area contributed by atoms with Gasteiger partial charge in [-0.2, -0.15) is 13.2 Å². The van der Waals surface area contributed by atoms with Gasteiger partial charge in [0.2, 0.25) is 0 Å². The van der Waals surface area contributed by atoms with Gasteiger partial charge in [-0.3, -0.25) is 0 Å². The molecule has 2 rings (SSSR count). The van der Waals surface area contributed by atoms with E-state index in [4.69, 9.17) is 0 Å². The van der Waals surface area contributed by atoms with Crippen molar-refractivity contribution in [2.24, 2.45) is 0 Å². The fourth-order valence-electron chi connectivity index (χ4n) is 2.29. The molecule has 7 heteroatoms. The Balaban J connectivity index is 0.00000200. The maximum absolute atomic E-state index is 12.4. The minimum atomic E-state index is -4.25. The summed E-state index contributed by atoms with van der Waals surface area (Å²) in [7, 11) is 0. The second-order valence-electron chi connectivity index (χ2n) is 4.92. The number of halogens is 5. The van der Waals surface area contributed by atoms with E-state index in [0.29, 0.717) is 6.54 Å². The maximum atomic E-state index is 12.4. The molecule has 0 spiro atoms. The highest BCUT2D eigenvalue weighted by atomic mass is 35.5. The predicted molar refractivity (Wildman–Crippen MR) is 83.3 cm³/mol. The number of rotatable bonds is 5. The fourth-order valence-corrected chi connectivity index (χ4v) is 2.29. The SMILES string of the molecule is Cl.Cl.FC(F)(F)c1ccc(CNCCN2CCCC2)cc1. The monoisotopic (exact) mass is 344 g/mol. The Kier molecular flexibility index (Phi) is 9.29. The molecule has 0 saturated carbocycles. The first kappa shape index (κ1) is 20.5. The van der Waals surface area contributed by atoms with Gasteiger partial charge in [-0.05, 0) is 43.6 Å². The second kappa shape index (κ2) is 9.51. The van der Waals surface area contributed by atoms with Crippen LogP contribution in [0.25, 0.3) is 0 Å². The molecule has 1 aliphatic rings. The normalized spacial score (nSPS) is 15.4. The molecule has 1 heterocycles. The van der Waals surface area contributed by atoms with Crippen molar-refractivity contribution in [1.82, 2.24) is 10.2 Å². The van der Waals surface area contributed by atoms with E-state index >= 15 is 0 Å². The summed E-state index contributed by atoms with van der Waals surface area (Å²) in [6, 6.07) is 5.34. The number of hydrogen-bond donors (Lipinski definition) is 1. The van der Waals surface area contributed by atoms with Gasteiger partial charge in [-0.25, -0.2) is 0 Å². The van der Waals surface area contributed by atoms with Gasteiger partial charge in [0.15, 0.2) is 0 Å². The van der Waals surface area contributed by atoms with Crippen molar-refractivity contribution in [2.75, 3.05) is 26.2 Å². The first-order chi connectivity index (χ1) is 9.05. The molecule has 1 aromatic rings. The third-order valence-corrected chi connectivity index (χ3v) is 3.41. The van der Waals surface area contributed by atoms with E-state index < -0.39 is 11.7 Å². The van der Waals surface area contributed by atoms with Gasteiger partial charge < -0.3 is 10.2 Å². The Bertz CT molecular complexity index is 390. The van der Waals surface area contributed by atoms with Crippen LogP contribution in [0.3, 0.4) is 0 Å². The Morgan fingerprint density at radius 2 is 1.57 bits per heavy atom. The van der Waals surface area contributed by atoms with Crippen LogP contribution in [0.1, 0.15) is 24.0 Å². The van der Waals surface area contributed by atoms with Gasteiger partial charge in [-0.1, -0.05) is 12.1 Å². The largest absolute Gasteiger partial charge is 0.416 e. The smallest absolute Gasteiger partial charge is 0.311 e. The van der Waals surface area contributed by atoms with E-state index in [0.717, 1.165) is 30.8 Å². The third-order valence-electron chi connectivity index (χ3n) is 3.41. The lowest BCUT2D eigenvalue weighted by atomic mass is 10.1. The molecule has 0 aliphatic carbocycles. The second-order valence-corrected chi connectivity index (χ2v) is 4.92. The summed E-state index contributed by atoms with van der Waals surface area (Å²) in [6.07, 6.45) is -1.69. The number of likely N-dealkylation sites (tertiary alicyclic amines) is 1. The highest BCUT2D eigenvalue weighted by Crippen LogP contribution is 2.28. The molecular formula is C14H21Cl2F3N2. The summed E-state index contributed by atoms with van der Waals surface area (Å²) >= 11 is 0. The van der Waals surface area contributed by atoms with Crippen LogP contribution in [0.2, 0.25) is 0 Å². The molecule has 0 bridgehead atoms. The first-order valence-electron chi connectivity index (χ1n) is 6.65. The van der Waals surface area contributed by atoms with Crippen molar-refractivity contribution >= 4 is 24.8 Å². The molecule has 1 fully saturated rings. The molecule has 1 aliphatic heterocycles. The molecule has 1 aromatic carbocycles. The maximum Gasteiger partial charge on any atom is 0.416 e. The van der Waals surface area contributed by atoms with Crippen molar-refractivity contribution < 1.29 is 13.2 Å². The van der Waals surface area contributed by atoms with Gasteiger partial charge >= 0.3 is 6.18 Å². The van der Waals surface area contributed by atoms with Crippen LogP contribution in [0.15, 0.2) is 24.3 Å². The molecule has 1 N–H and O–H groups in total. The average molecular weight is 345 g/mol. The quantitative estimate of drug-likeness (QED) is 0.818. The lowest BCUT2D eigenvalue weighted by Crippen LogP contribution is -2.29. The topological polar surface area (TPSA) is 15.3 Å². The van der Waals surface area contributed by atoms with E-state index in [9.17, 15) is 13.2 Å².